The topological polar surface area (TPSA) is 93.1 Å². The Bertz CT molecular complexity index is 588. The van der Waals surface area contributed by atoms with Gasteiger partial charge in [0, 0.05) is 44.5 Å². The molecule has 0 aromatic heterocycles. The third-order valence-corrected chi connectivity index (χ3v) is 4.34. The standard InChI is InChI=1S/C18H27N3O4/c1-13(2)11-20-8-9-21(12-16(20)7-10-22)18(25)19-15-5-3-14(4-6-15)17(23)24/h3-6,13,16,22H,7-12H2,1-2H3,(H,19,25)(H,23,24). The molecule has 1 atom stereocenters. The van der Waals surface area contributed by atoms with Crippen LogP contribution in [0.5, 0.6) is 0 Å². The number of anilines is 1. The fourth-order valence-electron chi connectivity index (χ4n) is 3.11. The Balaban J connectivity index is 1.96. The Morgan fingerprint density at radius 1 is 1.24 bits per heavy atom. The third kappa shape index (κ3) is 5.44. The molecule has 7 heteroatoms. The third-order valence-electron chi connectivity index (χ3n) is 4.34. The molecular formula is C18H27N3O4. The summed E-state index contributed by atoms with van der Waals surface area (Å²) in [6, 6.07) is 6.06. The van der Waals surface area contributed by atoms with Crippen molar-refractivity contribution in [3.8, 4) is 0 Å². The fraction of sp³-hybridized carbons (Fsp3) is 0.556. The van der Waals surface area contributed by atoms with E-state index in [1.807, 2.05) is 0 Å². The second-order valence-corrected chi connectivity index (χ2v) is 6.81. The number of nitrogens with one attached hydrogen (secondary N) is 1. The molecule has 1 heterocycles. The molecule has 0 saturated carbocycles. The molecular weight excluding hydrogens is 322 g/mol. The minimum Gasteiger partial charge on any atom is -0.478 e. The van der Waals surface area contributed by atoms with Crippen LogP contribution in [-0.2, 0) is 0 Å². The number of hydrogen-bond donors (Lipinski definition) is 3. The molecule has 25 heavy (non-hydrogen) atoms. The van der Waals surface area contributed by atoms with Gasteiger partial charge in [0.25, 0.3) is 0 Å². The zero-order chi connectivity index (χ0) is 18.4. The maximum absolute atomic E-state index is 12.5. The Labute approximate surface area is 148 Å². The molecule has 0 aliphatic carbocycles. The molecule has 0 bridgehead atoms. The van der Waals surface area contributed by atoms with E-state index in [9.17, 15) is 14.7 Å². The summed E-state index contributed by atoms with van der Waals surface area (Å²) in [5, 5.41) is 21.0. The predicted molar refractivity (Wildman–Crippen MR) is 95.9 cm³/mol. The lowest BCUT2D eigenvalue weighted by Gasteiger charge is -2.42. The Morgan fingerprint density at radius 3 is 2.48 bits per heavy atom. The van der Waals surface area contributed by atoms with Gasteiger partial charge in [0.05, 0.1) is 5.56 Å². The summed E-state index contributed by atoms with van der Waals surface area (Å²) in [5.41, 5.74) is 0.752. The number of aromatic carboxylic acids is 1. The summed E-state index contributed by atoms with van der Waals surface area (Å²) in [6.07, 6.45) is 0.643. The van der Waals surface area contributed by atoms with Gasteiger partial charge in [-0.3, -0.25) is 4.90 Å². The van der Waals surface area contributed by atoms with Crippen LogP contribution in [0.15, 0.2) is 24.3 Å². The number of carboxylic acids is 1. The largest absolute Gasteiger partial charge is 0.478 e. The van der Waals surface area contributed by atoms with Crippen molar-refractivity contribution >= 4 is 17.7 Å². The summed E-state index contributed by atoms with van der Waals surface area (Å²) in [5.74, 6) is -0.458. The number of carboxylic acid groups (broad SMARTS) is 1. The number of carbonyl (C=O) groups excluding carboxylic acids is 1. The molecule has 1 aliphatic rings. The van der Waals surface area contributed by atoms with Gasteiger partial charge in [-0.25, -0.2) is 9.59 Å². The molecule has 3 N–H and O–H groups in total. The second kappa shape index (κ2) is 8.82. The molecule has 1 fully saturated rings. The van der Waals surface area contributed by atoms with Crippen LogP contribution in [0.25, 0.3) is 0 Å². The highest BCUT2D eigenvalue weighted by molar-refractivity contribution is 5.91. The lowest BCUT2D eigenvalue weighted by molar-refractivity contribution is 0.0689. The van der Waals surface area contributed by atoms with E-state index in [2.05, 4.69) is 24.1 Å². The molecule has 0 spiro atoms. The van der Waals surface area contributed by atoms with Gasteiger partial charge in [-0.1, -0.05) is 13.8 Å². The van der Waals surface area contributed by atoms with Gasteiger partial charge in [0.1, 0.15) is 0 Å². The van der Waals surface area contributed by atoms with Crippen molar-refractivity contribution in [2.75, 3.05) is 38.1 Å². The smallest absolute Gasteiger partial charge is 0.335 e. The van der Waals surface area contributed by atoms with Crippen LogP contribution in [0.1, 0.15) is 30.6 Å². The molecule has 138 valence electrons. The predicted octanol–water partition coefficient (Wildman–Crippen LogP) is 1.94. The van der Waals surface area contributed by atoms with E-state index >= 15 is 0 Å². The minimum absolute atomic E-state index is 0.103. The van der Waals surface area contributed by atoms with Crippen molar-refractivity contribution < 1.29 is 19.8 Å². The summed E-state index contributed by atoms with van der Waals surface area (Å²) < 4.78 is 0. The van der Waals surface area contributed by atoms with Crippen LogP contribution in [0.4, 0.5) is 10.5 Å². The summed E-state index contributed by atoms with van der Waals surface area (Å²) in [7, 11) is 0. The molecule has 1 aliphatic heterocycles. The molecule has 1 unspecified atom stereocenters. The molecule has 0 radical (unpaired) electrons. The quantitative estimate of drug-likeness (QED) is 0.730. The molecule has 1 aromatic rings. The maximum Gasteiger partial charge on any atom is 0.335 e. The monoisotopic (exact) mass is 349 g/mol. The van der Waals surface area contributed by atoms with E-state index in [-0.39, 0.29) is 24.2 Å². The van der Waals surface area contributed by atoms with Crippen molar-refractivity contribution in [1.29, 1.82) is 0 Å². The van der Waals surface area contributed by atoms with Crippen molar-refractivity contribution in [1.82, 2.24) is 9.80 Å². The molecule has 2 rings (SSSR count). The van der Waals surface area contributed by atoms with Crippen LogP contribution in [-0.4, -0.2) is 70.8 Å². The average Bonchev–Trinajstić information content (AvgIpc) is 2.56. The van der Waals surface area contributed by atoms with E-state index in [1.54, 1.807) is 17.0 Å². The van der Waals surface area contributed by atoms with Crippen molar-refractivity contribution in [2.24, 2.45) is 5.92 Å². The summed E-state index contributed by atoms with van der Waals surface area (Å²) in [6.45, 7) is 7.38. The Kier molecular flexibility index (Phi) is 6.78. The summed E-state index contributed by atoms with van der Waals surface area (Å²) >= 11 is 0. The normalized spacial score (nSPS) is 18.4. The first kappa shape index (κ1) is 19.2. The molecule has 2 amide bonds. The number of nitrogens with zero attached hydrogens (tertiary/aromatic N) is 2. The Hall–Kier alpha value is -2.12. The van der Waals surface area contributed by atoms with Crippen LogP contribution in [0.3, 0.4) is 0 Å². The lowest BCUT2D eigenvalue weighted by Crippen LogP contribution is -2.56. The SMILES string of the molecule is CC(C)CN1CCN(C(=O)Nc2ccc(C(=O)O)cc2)CC1CCO. The maximum atomic E-state index is 12.5. The highest BCUT2D eigenvalue weighted by atomic mass is 16.4. The molecule has 7 nitrogen and oxygen atoms in total. The molecule has 1 aromatic carbocycles. The van der Waals surface area contributed by atoms with Crippen LogP contribution in [0, 0.1) is 5.92 Å². The van der Waals surface area contributed by atoms with E-state index in [4.69, 9.17) is 5.11 Å². The Morgan fingerprint density at radius 2 is 1.92 bits per heavy atom. The van der Waals surface area contributed by atoms with E-state index < -0.39 is 5.97 Å². The van der Waals surface area contributed by atoms with Crippen molar-refractivity contribution in [3.63, 3.8) is 0 Å². The first-order valence-electron chi connectivity index (χ1n) is 8.65. The van der Waals surface area contributed by atoms with Gasteiger partial charge in [-0.15, -0.1) is 0 Å². The summed E-state index contributed by atoms with van der Waals surface area (Å²) in [4.78, 5) is 27.4. The van der Waals surface area contributed by atoms with E-state index in [1.165, 1.54) is 12.1 Å². The van der Waals surface area contributed by atoms with Gasteiger partial charge in [-0.05, 0) is 36.6 Å². The second-order valence-electron chi connectivity index (χ2n) is 6.81. The van der Waals surface area contributed by atoms with Gasteiger partial charge in [0.2, 0.25) is 0 Å². The zero-order valence-corrected chi connectivity index (χ0v) is 14.8. The number of carbonyl (C=O) groups is 2. The number of aliphatic hydroxyl groups is 1. The lowest BCUT2D eigenvalue weighted by atomic mass is 10.1. The van der Waals surface area contributed by atoms with Crippen LogP contribution in [0.2, 0.25) is 0 Å². The fourth-order valence-corrected chi connectivity index (χ4v) is 3.11. The molecule has 1 saturated heterocycles. The first-order valence-corrected chi connectivity index (χ1v) is 8.65. The van der Waals surface area contributed by atoms with Gasteiger partial charge >= 0.3 is 12.0 Å². The number of aliphatic hydroxyl groups excluding tert-OH is 1. The first-order chi connectivity index (χ1) is 11.9. The number of benzene rings is 1. The van der Waals surface area contributed by atoms with Crippen molar-refractivity contribution in [2.45, 2.75) is 26.3 Å². The van der Waals surface area contributed by atoms with Gasteiger partial charge in [0.15, 0.2) is 0 Å². The number of hydrogen-bond acceptors (Lipinski definition) is 4. The highest BCUT2D eigenvalue weighted by Crippen LogP contribution is 2.17. The van der Waals surface area contributed by atoms with Crippen LogP contribution >= 0.6 is 0 Å². The van der Waals surface area contributed by atoms with Crippen LogP contribution < -0.4 is 5.32 Å². The van der Waals surface area contributed by atoms with E-state index in [0.29, 0.717) is 31.1 Å². The minimum atomic E-state index is -0.994. The average molecular weight is 349 g/mol. The number of piperazine rings is 1. The van der Waals surface area contributed by atoms with Crippen molar-refractivity contribution in [3.05, 3.63) is 29.8 Å². The van der Waals surface area contributed by atoms with Gasteiger partial charge < -0.3 is 20.4 Å². The number of amides is 2. The number of rotatable bonds is 6. The zero-order valence-electron chi connectivity index (χ0n) is 14.8. The van der Waals surface area contributed by atoms with Gasteiger partial charge in [-0.2, -0.15) is 0 Å². The highest BCUT2D eigenvalue weighted by Gasteiger charge is 2.29. The van der Waals surface area contributed by atoms with E-state index in [0.717, 1.165) is 13.1 Å². The number of urea groups is 1.